The van der Waals surface area contributed by atoms with Crippen LogP contribution >= 0.6 is 23.0 Å². The first kappa shape index (κ1) is 13.9. The van der Waals surface area contributed by atoms with Crippen LogP contribution in [0.2, 0.25) is 0 Å². The summed E-state index contributed by atoms with van der Waals surface area (Å²) in [6.45, 7) is 3.73. The zero-order valence-electron chi connectivity index (χ0n) is 10.6. The smallest absolute Gasteiger partial charge is 0.227 e. The zero-order valence-corrected chi connectivity index (χ0v) is 12.8. The fourth-order valence-electron chi connectivity index (χ4n) is 1.99. The molecule has 0 aliphatic carbocycles. The van der Waals surface area contributed by atoms with E-state index in [1.807, 2.05) is 0 Å². The highest BCUT2D eigenvalue weighted by Gasteiger charge is 2.14. The average Bonchev–Trinajstić information content (AvgIpc) is 2.92. The molecule has 106 valence electrons. The monoisotopic (exact) mass is 397 g/mol. The number of nitrogens with zero attached hydrogens (tertiary/aromatic N) is 1. The molecule has 1 heterocycles. The van der Waals surface area contributed by atoms with Crippen LogP contribution in [0.4, 0.5) is 4.39 Å². The highest BCUT2D eigenvalue weighted by Crippen LogP contribution is 2.32. The number of benzene rings is 2. The van der Waals surface area contributed by atoms with Gasteiger partial charge in [-0.3, -0.25) is 0 Å². The minimum Gasteiger partial charge on any atom is -0.505 e. The van der Waals surface area contributed by atoms with Crippen molar-refractivity contribution in [3.63, 3.8) is 0 Å². The lowest BCUT2D eigenvalue weighted by Crippen LogP contribution is -1.81. The summed E-state index contributed by atoms with van der Waals surface area (Å²) in [4.78, 5) is 4.32. The molecule has 0 aliphatic heterocycles. The van der Waals surface area contributed by atoms with E-state index in [-0.39, 0.29) is 5.89 Å². The second-order valence-electron chi connectivity index (χ2n) is 4.33. The van der Waals surface area contributed by atoms with E-state index >= 15 is 0 Å². The number of hydrogen-bond acceptors (Lipinski definition) is 4. The van der Waals surface area contributed by atoms with Gasteiger partial charge in [0, 0.05) is 17.2 Å². The Morgan fingerprint density at radius 1 is 1.33 bits per heavy atom. The van der Waals surface area contributed by atoms with E-state index in [2.05, 4.69) is 11.6 Å². The first-order chi connectivity index (χ1) is 10.1. The second-order valence-corrected chi connectivity index (χ2v) is 4.77. The van der Waals surface area contributed by atoms with Crippen LogP contribution in [0.5, 0.6) is 11.5 Å². The van der Waals surface area contributed by atoms with Crippen LogP contribution in [0, 0.1) is 5.82 Å². The first-order valence-corrected chi connectivity index (χ1v) is 6.85. The second kappa shape index (κ2) is 5.36. The lowest BCUT2D eigenvalue weighted by Gasteiger charge is -1.99. The Hall–Kier alpha value is -2.09. The van der Waals surface area contributed by atoms with Crippen molar-refractivity contribution in [3.8, 4) is 23.0 Å². The van der Waals surface area contributed by atoms with Gasteiger partial charge in [-0.25, -0.2) is 9.37 Å². The van der Waals surface area contributed by atoms with E-state index in [0.29, 0.717) is 22.4 Å². The lowest BCUT2D eigenvalue weighted by atomic mass is 10.2. The number of aromatic nitrogens is 1. The van der Waals surface area contributed by atoms with Crippen LogP contribution in [0.25, 0.3) is 28.6 Å². The molecule has 3 rings (SSSR count). The Morgan fingerprint density at radius 3 is 2.81 bits per heavy atom. The number of hydrogen-bond donors (Lipinski definition) is 1. The number of fused-ring (bicyclic) bond motifs is 1. The van der Waals surface area contributed by atoms with E-state index in [1.54, 1.807) is 41.2 Å². The van der Waals surface area contributed by atoms with Gasteiger partial charge in [-0.05, 0) is 24.3 Å². The van der Waals surface area contributed by atoms with Crippen LogP contribution in [-0.2, 0) is 0 Å². The minimum atomic E-state index is -0.727. The summed E-state index contributed by atoms with van der Waals surface area (Å²) in [5, 5.41) is 9.22. The SMILES string of the molecule is C=Cc1cc(OI)cc2nc(-c3ccc(O)c(F)c3)oc12. The summed E-state index contributed by atoms with van der Waals surface area (Å²) < 4.78 is 24.3. The van der Waals surface area contributed by atoms with Crippen molar-refractivity contribution in [2.45, 2.75) is 0 Å². The maximum Gasteiger partial charge on any atom is 0.227 e. The maximum absolute atomic E-state index is 13.4. The molecule has 21 heavy (non-hydrogen) atoms. The number of aromatic hydroxyl groups is 1. The Balaban J connectivity index is 2.20. The molecule has 6 heteroatoms. The quantitative estimate of drug-likeness (QED) is 0.651. The molecule has 2 aromatic carbocycles. The number of phenols is 1. The molecule has 0 bridgehead atoms. The Labute approximate surface area is 133 Å². The predicted octanol–water partition coefficient (Wildman–Crippen LogP) is 4.71. The topological polar surface area (TPSA) is 55.5 Å². The highest BCUT2D eigenvalue weighted by molar-refractivity contribution is 14.1. The van der Waals surface area contributed by atoms with E-state index in [4.69, 9.17) is 7.48 Å². The molecule has 0 spiro atoms. The first-order valence-electron chi connectivity index (χ1n) is 5.97. The van der Waals surface area contributed by atoms with Gasteiger partial charge in [0.2, 0.25) is 5.89 Å². The van der Waals surface area contributed by atoms with Gasteiger partial charge < -0.3 is 12.6 Å². The largest absolute Gasteiger partial charge is 0.505 e. The third kappa shape index (κ3) is 2.46. The summed E-state index contributed by atoms with van der Waals surface area (Å²) in [6.07, 6.45) is 1.63. The Kier molecular flexibility index (Phi) is 3.54. The van der Waals surface area contributed by atoms with Crippen molar-refractivity contribution in [2.75, 3.05) is 0 Å². The lowest BCUT2D eigenvalue weighted by molar-refractivity contribution is 0.432. The summed E-state index contributed by atoms with van der Waals surface area (Å²) >= 11 is 1.78. The summed E-state index contributed by atoms with van der Waals surface area (Å²) in [7, 11) is 0. The van der Waals surface area contributed by atoms with Crippen LogP contribution in [0.3, 0.4) is 0 Å². The van der Waals surface area contributed by atoms with E-state index in [0.717, 1.165) is 5.56 Å². The Bertz CT molecular complexity index is 844. The number of rotatable bonds is 3. The maximum atomic E-state index is 13.4. The molecule has 1 aromatic heterocycles. The normalized spacial score (nSPS) is 10.8. The van der Waals surface area contributed by atoms with Crippen molar-refractivity contribution >= 4 is 40.2 Å². The molecule has 0 saturated heterocycles. The average molecular weight is 397 g/mol. The third-order valence-electron chi connectivity index (χ3n) is 3.00. The van der Waals surface area contributed by atoms with Gasteiger partial charge in [-0.2, -0.15) is 0 Å². The molecular weight excluding hydrogens is 388 g/mol. The summed E-state index contributed by atoms with van der Waals surface area (Å²) in [6, 6.07) is 7.45. The molecule has 0 aliphatic rings. The van der Waals surface area contributed by atoms with Gasteiger partial charge in [0.25, 0.3) is 0 Å². The van der Waals surface area contributed by atoms with E-state index in [1.165, 1.54) is 18.2 Å². The molecule has 4 nitrogen and oxygen atoms in total. The molecule has 0 unspecified atom stereocenters. The minimum absolute atomic E-state index is 0.262. The molecule has 0 amide bonds. The van der Waals surface area contributed by atoms with Crippen LogP contribution < -0.4 is 3.07 Å². The van der Waals surface area contributed by atoms with Gasteiger partial charge in [-0.1, -0.05) is 12.7 Å². The van der Waals surface area contributed by atoms with Crippen LogP contribution in [0.15, 0.2) is 41.3 Å². The van der Waals surface area contributed by atoms with Crippen molar-refractivity contribution in [1.82, 2.24) is 4.98 Å². The van der Waals surface area contributed by atoms with Gasteiger partial charge in [-0.15, -0.1) is 0 Å². The van der Waals surface area contributed by atoms with E-state index < -0.39 is 11.6 Å². The van der Waals surface area contributed by atoms with Crippen molar-refractivity contribution in [3.05, 3.63) is 48.3 Å². The van der Waals surface area contributed by atoms with Gasteiger partial charge in [0.15, 0.2) is 40.2 Å². The predicted molar refractivity (Wildman–Crippen MR) is 85.8 cm³/mol. The molecule has 0 radical (unpaired) electrons. The highest BCUT2D eigenvalue weighted by atomic mass is 127. The Morgan fingerprint density at radius 2 is 2.14 bits per heavy atom. The molecule has 1 N–H and O–H groups in total. The fourth-order valence-corrected chi connectivity index (χ4v) is 2.25. The van der Waals surface area contributed by atoms with Gasteiger partial charge in [0.05, 0.1) is 0 Å². The number of phenolic OH excluding ortho intramolecular Hbond substituents is 1. The number of halogens is 2. The van der Waals surface area contributed by atoms with Crippen molar-refractivity contribution < 1.29 is 17.0 Å². The van der Waals surface area contributed by atoms with Gasteiger partial charge in [0.1, 0.15) is 11.3 Å². The number of oxazole rings is 1. The zero-order chi connectivity index (χ0) is 15.0. The molecular formula is C15H9FINO3. The molecule has 3 aromatic rings. The third-order valence-corrected chi connectivity index (χ3v) is 3.50. The summed E-state index contributed by atoms with van der Waals surface area (Å²) in [5.41, 5.74) is 2.30. The fraction of sp³-hybridized carbons (Fsp3) is 0. The molecule has 0 saturated carbocycles. The van der Waals surface area contributed by atoms with Crippen molar-refractivity contribution in [1.29, 1.82) is 0 Å². The standard InChI is InChI=1S/C15H9FINO3/c1-2-8-5-10(21-17)7-12-14(8)20-15(18-12)9-3-4-13(19)11(16)6-9/h2-7,19H,1H2. The van der Waals surface area contributed by atoms with Crippen LogP contribution in [-0.4, -0.2) is 10.1 Å². The van der Waals surface area contributed by atoms with Crippen molar-refractivity contribution in [2.24, 2.45) is 0 Å². The molecule has 0 fully saturated rings. The summed E-state index contributed by atoms with van der Waals surface area (Å²) in [5.74, 6) is -0.260. The molecule has 0 atom stereocenters. The van der Waals surface area contributed by atoms with E-state index in [9.17, 15) is 9.50 Å². The van der Waals surface area contributed by atoms with Crippen LogP contribution in [0.1, 0.15) is 5.56 Å². The van der Waals surface area contributed by atoms with Gasteiger partial charge >= 0.3 is 0 Å².